The van der Waals surface area contributed by atoms with Crippen molar-refractivity contribution in [2.45, 2.75) is 6.42 Å². The number of hydrogen-bond donors (Lipinski definition) is 1. The fraction of sp³-hybridized carbons (Fsp3) is 0.133. The Balaban J connectivity index is 1.99. The third-order valence-corrected chi connectivity index (χ3v) is 4.77. The zero-order valence-corrected chi connectivity index (χ0v) is 12.6. The Bertz CT molecular complexity index is 704. The normalized spacial score (nSPS) is 10.7. The molecular weight excluding hydrogens is 288 g/mol. The van der Waals surface area contributed by atoms with Gasteiger partial charge in [0, 0.05) is 11.3 Å². The summed E-state index contributed by atoms with van der Waals surface area (Å²) in [6.45, 7) is 0. The summed E-state index contributed by atoms with van der Waals surface area (Å²) in [6, 6.07) is 12.2. The number of thiophene rings is 1. The molecule has 20 heavy (non-hydrogen) atoms. The number of methoxy groups -OCH3 is 1. The molecule has 3 nitrogen and oxygen atoms in total. The van der Waals surface area contributed by atoms with Crippen molar-refractivity contribution >= 4 is 27.8 Å². The van der Waals surface area contributed by atoms with E-state index in [9.17, 15) is 0 Å². The topological polar surface area (TPSA) is 48.1 Å². The molecule has 0 radical (unpaired) electrons. The number of rotatable bonds is 4. The van der Waals surface area contributed by atoms with Crippen LogP contribution in [-0.2, 0) is 6.42 Å². The van der Waals surface area contributed by atoms with E-state index in [1.54, 1.807) is 29.8 Å². The lowest BCUT2D eigenvalue weighted by molar-refractivity contribution is 0.410. The second-order valence-electron chi connectivity index (χ2n) is 4.29. The van der Waals surface area contributed by atoms with Crippen molar-refractivity contribution in [2.24, 2.45) is 0 Å². The fourth-order valence-electron chi connectivity index (χ4n) is 2.12. The SMILES string of the molecule is COc1ccccc1Cc1sc(N)nc1-c1cccs1. The quantitative estimate of drug-likeness (QED) is 0.791. The Morgan fingerprint density at radius 2 is 2.05 bits per heavy atom. The maximum atomic E-state index is 5.89. The lowest BCUT2D eigenvalue weighted by Crippen LogP contribution is -1.93. The number of nitrogen functional groups attached to an aromatic ring is 1. The minimum Gasteiger partial charge on any atom is -0.496 e. The average Bonchev–Trinajstić information content (AvgIpc) is 3.09. The maximum absolute atomic E-state index is 5.89. The number of ether oxygens (including phenoxy) is 1. The first-order valence-electron chi connectivity index (χ1n) is 6.19. The lowest BCUT2D eigenvalue weighted by atomic mass is 10.1. The summed E-state index contributed by atoms with van der Waals surface area (Å²) in [6.07, 6.45) is 0.784. The number of para-hydroxylation sites is 1. The summed E-state index contributed by atoms with van der Waals surface area (Å²) >= 11 is 3.23. The number of anilines is 1. The summed E-state index contributed by atoms with van der Waals surface area (Å²) in [7, 11) is 1.69. The minimum absolute atomic E-state index is 0.610. The van der Waals surface area contributed by atoms with E-state index in [1.807, 2.05) is 24.3 Å². The number of thiazole rings is 1. The van der Waals surface area contributed by atoms with Gasteiger partial charge in [0.1, 0.15) is 5.75 Å². The Morgan fingerprint density at radius 1 is 1.20 bits per heavy atom. The number of nitrogens with two attached hydrogens (primary N) is 1. The molecular formula is C15H14N2OS2. The number of benzene rings is 1. The van der Waals surface area contributed by atoms with Crippen LogP contribution in [0.2, 0.25) is 0 Å². The predicted octanol–water partition coefficient (Wildman–Crippen LogP) is 4.05. The van der Waals surface area contributed by atoms with E-state index < -0.39 is 0 Å². The Hall–Kier alpha value is -1.85. The molecule has 0 aliphatic carbocycles. The molecule has 0 aliphatic rings. The smallest absolute Gasteiger partial charge is 0.180 e. The van der Waals surface area contributed by atoms with Crippen molar-refractivity contribution in [3.8, 4) is 16.3 Å². The van der Waals surface area contributed by atoms with Gasteiger partial charge >= 0.3 is 0 Å². The summed E-state index contributed by atoms with van der Waals surface area (Å²) in [4.78, 5) is 6.80. The molecule has 5 heteroatoms. The summed E-state index contributed by atoms with van der Waals surface area (Å²) < 4.78 is 5.41. The number of hydrogen-bond acceptors (Lipinski definition) is 5. The van der Waals surface area contributed by atoms with Gasteiger partial charge in [-0.05, 0) is 23.1 Å². The van der Waals surface area contributed by atoms with Crippen LogP contribution in [0, 0.1) is 0 Å². The highest BCUT2D eigenvalue weighted by Crippen LogP contribution is 2.35. The van der Waals surface area contributed by atoms with Crippen molar-refractivity contribution in [3.05, 3.63) is 52.2 Å². The second-order valence-corrected chi connectivity index (χ2v) is 6.35. The van der Waals surface area contributed by atoms with Crippen molar-refractivity contribution in [1.82, 2.24) is 4.98 Å². The monoisotopic (exact) mass is 302 g/mol. The third-order valence-electron chi connectivity index (χ3n) is 3.01. The van der Waals surface area contributed by atoms with E-state index in [0.717, 1.165) is 28.3 Å². The van der Waals surface area contributed by atoms with Gasteiger partial charge in [0.15, 0.2) is 5.13 Å². The van der Waals surface area contributed by atoms with Gasteiger partial charge in [0.05, 0.1) is 17.7 Å². The highest BCUT2D eigenvalue weighted by molar-refractivity contribution is 7.17. The third kappa shape index (κ3) is 2.55. The van der Waals surface area contributed by atoms with E-state index in [2.05, 4.69) is 22.5 Å². The van der Waals surface area contributed by atoms with E-state index in [1.165, 1.54) is 4.88 Å². The molecule has 1 aromatic carbocycles. The largest absolute Gasteiger partial charge is 0.496 e. The molecule has 0 saturated heterocycles. The zero-order chi connectivity index (χ0) is 13.9. The maximum Gasteiger partial charge on any atom is 0.180 e. The molecule has 0 fully saturated rings. The molecule has 2 aromatic heterocycles. The van der Waals surface area contributed by atoms with Crippen LogP contribution in [0.4, 0.5) is 5.13 Å². The van der Waals surface area contributed by atoms with Crippen molar-refractivity contribution < 1.29 is 4.74 Å². The van der Waals surface area contributed by atoms with E-state index in [0.29, 0.717) is 5.13 Å². The van der Waals surface area contributed by atoms with Crippen molar-refractivity contribution in [2.75, 3.05) is 12.8 Å². The van der Waals surface area contributed by atoms with E-state index in [-0.39, 0.29) is 0 Å². The van der Waals surface area contributed by atoms with Crippen LogP contribution in [-0.4, -0.2) is 12.1 Å². The standard InChI is InChI=1S/C15H14N2OS2/c1-18-11-6-3-2-5-10(11)9-13-14(17-15(16)20-13)12-7-4-8-19-12/h2-8H,9H2,1H3,(H2,16,17). The van der Waals surface area contributed by atoms with Crippen LogP contribution in [0.3, 0.4) is 0 Å². The molecule has 2 heterocycles. The Labute approximate surface area is 125 Å². The predicted molar refractivity (Wildman–Crippen MR) is 85.6 cm³/mol. The minimum atomic E-state index is 0.610. The van der Waals surface area contributed by atoms with Crippen molar-refractivity contribution in [1.29, 1.82) is 0 Å². The molecule has 0 saturated carbocycles. The highest BCUT2D eigenvalue weighted by atomic mass is 32.1. The van der Waals surface area contributed by atoms with Crippen LogP contribution in [0.5, 0.6) is 5.75 Å². The first-order chi connectivity index (χ1) is 9.78. The van der Waals surface area contributed by atoms with Gasteiger partial charge in [-0.1, -0.05) is 24.3 Å². The first-order valence-corrected chi connectivity index (χ1v) is 7.88. The highest BCUT2D eigenvalue weighted by Gasteiger charge is 2.14. The molecule has 0 amide bonds. The molecule has 0 bridgehead atoms. The first kappa shape index (κ1) is 13.1. The van der Waals surface area contributed by atoms with Gasteiger partial charge in [-0.15, -0.1) is 22.7 Å². The fourth-order valence-corrected chi connectivity index (χ4v) is 3.79. The van der Waals surface area contributed by atoms with Crippen LogP contribution in [0.15, 0.2) is 41.8 Å². The Morgan fingerprint density at radius 3 is 2.80 bits per heavy atom. The molecule has 0 atom stereocenters. The molecule has 102 valence electrons. The lowest BCUT2D eigenvalue weighted by Gasteiger charge is -2.07. The summed E-state index contributed by atoms with van der Waals surface area (Å²) in [5, 5.41) is 2.66. The summed E-state index contributed by atoms with van der Waals surface area (Å²) in [5.74, 6) is 0.900. The average molecular weight is 302 g/mol. The zero-order valence-electron chi connectivity index (χ0n) is 11.0. The van der Waals surface area contributed by atoms with Gasteiger partial charge < -0.3 is 10.5 Å². The van der Waals surface area contributed by atoms with Crippen molar-refractivity contribution in [3.63, 3.8) is 0 Å². The van der Waals surface area contributed by atoms with Gasteiger partial charge in [-0.3, -0.25) is 0 Å². The van der Waals surface area contributed by atoms with Gasteiger partial charge in [-0.2, -0.15) is 0 Å². The summed E-state index contributed by atoms with van der Waals surface area (Å²) in [5.41, 5.74) is 8.03. The van der Waals surface area contributed by atoms with E-state index >= 15 is 0 Å². The van der Waals surface area contributed by atoms with Gasteiger partial charge in [-0.25, -0.2) is 4.98 Å². The second kappa shape index (κ2) is 5.64. The molecule has 2 N–H and O–H groups in total. The molecule has 3 aromatic rings. The van der Waals surface area contributed by atoms with Crippen LogP contribution >= 0.6 is 22.7 Å². The Kier molecular flexibility index (Phi) is 3.71. The van der Waals surface area contributed by atoms with Gasteiger partial charge in [0.25, 0.3) is 0 Å². The van der Waals surface area contributed by atoms with Crippen LogP contribution < -0.4 is 10.5 Å². The van der Waals surface area contributed by atoms with E-state index in [4.69, 9.17) is 10.5 Å². The molecule has 0 unspecified atom stereocenters. The van der Waals surface area contributed by atoms with Crippen LogP contribution in [0.1, 0.15) is 10.4 Å². The molecule has 0 spiro atoms. The molecule has 3 rings (SSSR count). The number of nitrogens with zero attached hydrogens (tertiary/aromatic N) is 1. The van der Waals surface area contributed by atoms with Gasteiger partial charge in [0.2, 0.25) is 0 Å². The van der Waals surface area contributed by atoms with Crippen LogP contribution in [0.25, 0.3) is 10.6 Å². The number of aromatic nitrogens is 1. The molecule has 0 aliphatic heterocycles.